The van der Waals surface area contributed by atoms with Crippen molar-refractivity contribution in [1.29, 1.82) is 0 Å². The molecule has 2 nitrogen and oxygen atoms in total. The van der Waals surface area contributed by atoms with Gasteiger partial charge in [-0.15, -0.1) is 0 Å². The highest BCUT2D eigenvalue weighted by molar-refractivity contribution is 5.06. The van der Waals surface area contributed by atoms with Gasteiger partial charge in [0.25, 0.3) is 0 Å². The monoisotopic (exact) mass is 264 g/mol. The summed E-state index contributed by atoms with van der Waals surface area (Å²) >= 11 is 0. The molecule has 0 saturated heterocycles. The summed E-state index contributed by atoms with van der Waals surface area (Å²) in [6.07, 6.45) is 9.12. The van der Waals surface area contributed by atoms with Gasteiger partial charge in [-0.2, -0.15) is 0 Å². The Hall–Kier alpha value is -0.0800. The molecule has 0 aliphatic heterocycles. The SMILES string of the molecule is CCNCC(C)NCC12CC3CC(CC(C)(C3)C1)C2. The Kier molecular flexibility index (Phi) is 3.68. The standard InChI is InChI=1S/C17H32N2/c1-4-18-10-13(2)19-12-17-8-14-5-15(9-17)7-16(3,6-14)11-17/h13-15,18-19H,4-12H2,1-3H3. The van der Waals surface area contributed by atoms with Crippen molar-refractivity contribution >= 4 is 0 Å². The number of rotatable bonds is 6. The van der Waals surface area contributed by atoms with Crippen LogP contribution in [0.2, 0.25) is 0 Å². The molecule has 0 aromatic heterocycles. The third-order valence-corrected chi connectivity index (χ3v) is 6.00. The first kappa shape index (κ1) is 13.9. The van der Waals surface area contributed by atoms with E-state index in [1.807, 2.05) is 0 Å². The molecule has 3 unspecified atom stereocenters. The maximum atomic E-state index is 3.83. The molecule has 4 aliphatic carbocycles. The third kappa shape index (κ3) is 2.85. The third-order valence-electron chi connectivity index (χ3n) is 6.00. The van der Waals surface area contributed by atoms with Gasteiger partial charge in [0.15, 0.2) is 0 Å². The van der Waals surface area contributed by atoms with E-state index in [4.69, 9.17) is 0 Å². The number of hydrogen-bond donors (Lipinski definition) is 2. The summed E-state index contributed by atoms with van der Waals surface area (Å²) in [6.45, 7) is 10.5. The van der Waals surface area contributed by atoms with Gasteiger partial charge in [0.2, 0.25) is 0 Å². The van der Waals surface area contributed by atoms with Gasteiger partial charge in [0, 0.05) is 19.1 Å². The second-order valence-electron chi connectivity index (χ2n) is 8.36. The normalized spacial score (nSPS) is 45.6. The fourth-order valence-corrected chi connectivity index (χ4v) is 5.96. The fraction of sp³-hybridized carbons (Fsp3) is 1.00. The summed E-state index contributed by atoms with van der Waals surface area (Å²) < 4.78 is 0. The molecule has 2 heteroatoms. The summed E-state index contributed by atoms with van der Waals surface area (Å²) in [5.74, 6) is 2.11. The average Bonchev–Trinajstić information content (AvgIpc) is 2.31. The zero-order chi connectivity index (χ0) is 13.5. The van der Waals surface area contributed by atoms with Crippen LogP contribution in [0.4, 0.5) is 0 Å². The van der Waals surface area contributed by atoms with Crippen LogP contribution in [0.5, 0.6) is 0 Å². The highest BCUT2D eigenvalue weighted by Gasteiger charge is 2.55. The van der Waals surface area contributed by atoms with E-state index in [0.717, 1.165) is 24.9 Å². The summed E-state index contributed by atoms with van der Waals surface area (Å²) in [7, 11) is 0. The molecule has 110 valence electrons. The van der Waals surface area contributed by atoms with E-state index < -0.39 is 0 Å². The van der Waals surface area contributed by atoms with Crippen LogP contribution in [-0.2, 0) is 0 Å². The first-order chi connectivity index (χ1) is 9.03. The van der Waals surface area contributed by atoms with Crippen molar-refractivity contribution in [3.63, 3.8) is 0 Å². The van der Waals surface area contributed by atoms with E-state index >= 15 is 0 Å². The smallest absolute Gasteiger partial charge is 0.0164 e. The maximum Gasteiger partial charge on any atom is 0.0164 e. The van der Waals surface area contributed by atoms with Gasteiger partial charge < -0.3 is 10.6 Å². The molecule has 4 bridgehead atoms. The molecule has 0 aromatic rings. The Morgan fingerprint density at radius 3 is 2.42 bits per heavy atom. The predicted octanol–water partition coefficient (Wildman–Crippen LogP) is 3.18. The van der Waals surface area contributed by atoms with Crippen molar-refractivity contribution in [2.45, 2.75) is 65.3 Å². The Morgan fingerprint density at radius 1 is 1.16 bits per heavy atom. The molecule has 0 radical (unpaired) electrons. The van der Waals surface area contributed by atoms with Gasteiger partial charge in [-0.05, 0) is 74.7 Å². The molecule has 4 fully saturated rings. The van der Waals surface area contributed by atoms with E-state index in [2.05, 4.69) is 31.4 Å². The molecule has 4 rings (SSSR count). The summed E-state index contributed by atoms with van der Waals surface area (Å²) in [4.78, 5) is 0. The molecule has 19 heavy (non-hydrogen) atoms. The van der Waals surface area contributed by atoms with E-state index in [0.29, 0.717) is 16.9 Å². The maximum absolute atomic E-state index is 3.83. The lowest BCUT2D eigenvalue weighted by Gasteiger charge is -2.61. The van der Waals surface area contributed by atoms with Crippen molar-refractivity contribution in [3.05, 3.63) is 0 Å². The lowest BCUT2D eigenvalue weighted by molar-refractivity contribution is -0.100. The first-order valence-electron chi connectivity index (χ1n) is 8.47. The topological polar surface area (TPSA) is 24.1 Å². The van der Waals surface area contributed by atoms with Gasteiger partial charge in [0.05, 0.1) is 0 Å². The van der Waals surface area contributed by atoms with Crippen molar-refractivity contribution in [2.24, 2.45) is 22.7 Å². The second-order valence-corrected chi connectivity index (χ2v) is 8.36. The van der Waals surface area contributed by atoms with Crippen molar-refractivity contribution in [2.75, 3.05) is 19.6 Å². The average molecular weight is 264 g/mol. The Bertz CT molecular complexity index is 311. The second kappa shape index (κ2) is 5.04. The van der Waals surface area contributed by atoms with Gasteiger partial charge >= 0.3 is 0 Å². The van der Waals surface area contributed by atoms with Crippen LogP contribution in [0, 0.1) is 22.7 Å². The van der Waals surface area contributed by atoms with Crippen LogP contribution in [-0.4, -0.2) is 25.7 Å². The van der Waals surface area contributed by atoms with Crippen LogP contribution in [0.15, 0.2) is 0 Å². The van der Waals surface area contributed by atoms with E-state index in [9.17, 15) is 0 Å². The zero-order valence-corrected chi connectivity index (χ0v) is 13.1. The van der Waals surface area contributed by atoms with E-state index in [1.54, 1.807) is 6.42 Å². The summed E-state index contributed by atoms with van der Waals surface area (Å²) in [5.41, 5.74) is 1.34. The van der Waals surface area contributed by atoms with E-state index in [1.165, 1.54) is 38.6 Å². The number of nitrogens with one attached hydrogen (secondary N) is 2. The van der Waals surface area contributed by atoms with Crippen LogP contribution in [0.3, 0.4) is 0 Å². The molecular formula is C17H32N2. The van der Waals surface area contributed by atoms with Crippen LogP contribution in [0.25, 0.3) is 0 Å². The molecule has 0 heterocycles. The Morgan fingerprint density at radius 2 is 1.84 bits per heavy atom. The predicted molar refractivity (Wildman–Crippen MR) is 81.2 cm³/mol. The van der Waals surface area contributed by atoms with Gasteiger partial charge in [-0.3, -0.25) is 0 Å². The highest BCUT2D eigenvalue weighted by atomic mass is 15.0. The quantitative estimate of drug-likeness (QED) is 0.770. The Labute approximate surface area is 119 Å². The van der Waals surface area contributed by atoms with Gasteiger partial charge in [0.1, 0.15) is 0 Å². The fourth-order valence-electron chi connectivity index (χ4n) is 5.96. The highest BCUT2D eigenvalue weighted by Crippen LogP contribution is 2.64. The largest absolute Gasteiger partial charge is 0.315 e. The van der Waals surface area contributed by atoms with Crippen molar-refractivity contribution in [3.8, 4) is 0 Å². The lowest BCUT2D eigenvalue weighted by atomic mass is 9.44. The zero-order valence-electron chi connectivity index (χ0n) is 13.1. The lowest BCUT2D eigenvalue weighted by Crippen LogP contribution is -2.55. The van der Waals surface area contributed by atoms with Gasteiger partial charge in [-0.25, -0.2) is 0 Å². The van der Waals surface area contributed by atoms with Crippen molar-refractivity contribution < 1.29 is 0 Å². The minimum Gasteiger partial charge on any atom is -0.315 e. The number of hydrogen-bond acceptors (Lipinski definition) is 2. The molecule has 0 aromatic carbocycles. The minimum atomic E-state index is 0.612. The molecule has 4 aliphatic rings. The minimum absolute atomic E-state index is 0.612. The van der Waals surface area contributed by atoms with Crippen LogP contribution < -0.4 is 10.6 Å². The van der Waals surface area contributed by atoms with Crippen LogP contribution in [0.1, 0.15) is 59.3 Å². The molecule has 3 atom stereocenters. The Balaban J connectivity index is 1.58. The summed E-state index contributed by atoms with van der Waals surface area (Å²) in [6, 6.07) is 0.612. The first-order valence-corrected chi connectivity index (χ1v) is 8.47. The van der Waals surface area contributed by atoms with Gasteiger partial charge in [-0.1, -0.05) is 13.8 Å². The molecule has 0 amide bonds. The molecule has 0 spiro atoms. The van der Waals surface area contributed by atoms with E-state index in [-0.39, 0.29) is 0 Å². The van der Waals surface area contributed by atoms with Crippen molar-refractivity contribution in [1.82, 2.24) is 10.6 Å². The molecule has 2 N–H and O–H groups in total. The van der Waals surface area contributed by atoms with Crippen LogP contribution >= 0.6 is 0 Å². The molecule has 4 saturated carbocycles. The summed E-state index contributed by atoms with van der Waals surface area (Å²) in [5, 5.41) is 7.28. The molecular weight excluding hydrogens is 232 g/mol. The number of likely N-dealkylation sites (N-methyl/N-ethyl adjacent to an activating group) is 1.